The van der Waals surface area contributed by atoms with Crippen molar-refractivity contribution in [1.82, 2.24) is 9.80 Å². The Kier molecular flexibility index (Phi) is 4.60. The van der Waals surface area contributed by atoms with Crippen molar-refractivity contribution < 1.29 is 9.18 Å². The molecule has 2 N–H and O–H groups in total. The number of halogens is 1. The Balaban J connectivity index is 1.96. The van der Waals surface area contributed by atoms with E-state index in [1.54, 1.807) is 0 Å². The average molecular weight is 279 g/mol. The third-order valence-electron chi connectivity index (χ3n) is 3.53. The number of hydrogen-bond acceptors (Lipinski definition) is 3. The van der Waals surface area contributed by atoms with Gasteiger partial charge in [0.1, 0.15) is 5.82 Å². The molecule has 1 aliphatic rings. The highest BCUT2D eigenvalue weighted by Crippen LogP contribution is 2.15. The quantitative estimate of drug-likeness (QED) is 0.859. The molecular weight excluding hydrogens is 257 g/mol. The molecular formula is C15H22FN3O. The summed E-state index contributed by atoms with van der Waals surface area (Å²) in [4.78, 5) is 16.5. The standard InChI is InChI=1S/C15H22FN3O/c1-11(2)10-18-5-7-19(8-6-18)15(20)12-3-4-13(16)14(17)9-12/h3-4,9,11H,5-8,10,17H2,1-2H3. The van der Waals surface area contributed by atoms with Crippen molar-refractivity contribution in [2.24, 2.45) is 5.92 Å². The minimum atomic E-state index is -0.483. The second-order valence-electron chi connectivity index (χ2n) is 5.72. The molecule has 0 spiro atoms. The Labute approximate surface area is 119 Å². The summed E-state index contributed by atoms with van der Waals surface area (Å²) in [6.45, 7) is 8.65. The monoisotopic (exact) mass is 279 g/mol. The van der Waals surface area contributed by atoms with E-state index in [4.69, 9.17) is 5.73 Å². The van der Waals surface area contributed by atoms with E-state index in [1.807, 2.05) is 4.90 Å². The number of nitrogens with zero attached hydrogens (tertiary/aromatic N) is 2. The topological polar surface area (TPSA) is 49.6 Å². The number of piperazine rings is 1. The number of amides is 1. The molecule has 1 aromatic carbocycles. The Morgan fingerprint density at radius 3 is 2.50 bits per heavy atom. The molecule has 0 aliphatic carbocycles. The predicted molar refractivity (Wildman–Crippen MR) is 78.0 cm³/mol. The molecule has 0 aromatic heterocycles. The van der Waals surface area contributed by atoms with Gasteiger partial charge in [-0.05, 0) is 24.1 Å². The normalized spacial score (nSPS) is 16.7. The van der Waals surface area contributed by atoms with Gasteiger partial charge < -0.3 is 10.6 Å². The molecule has 1 saturated heterocycles. The summed E-state index contributed by atoms with van der Waals surface area (Å²) in [7, 11) is 0. The summed E-state index contributed by atoms with van der Waals surface area (Å²) in [5.74, 6) is 0.0818. The first-order valence-electron chi connectivity index (χ1n) is 7.04. The zero-order valence-electron chi connectivity index (χ0n) is 12.1. The SMILES string of the molecule is CC(C)CN1CCN(C(=O)c2ccc(F)c(N)c2)CC1. The molecule has 2 rings (SSSR count). The molecule has 5 heteroatoms. The fraction of sp³-hybridized carbons (Fsp3) is 0.533. The van der Waals surface area contributed by atoms with Crippen molar-refractivity contribution in [1.29, 1.82) is 0 Å². The van der Waals surface area contributed by atoms with Crippen LogP contribution in [-0.2, 0) is 0 Å². The predicted octanol–water partition coefficient (Wildman–Crippen LogP) is 1.82. The number of benzene rings is 1. The van der Waals surface area contributed by atoms with E-state index < -0.39 is 5.82 Å². The van der Waals surface area contributed by atoms with Crippen LogP contribution in [0.15, 0.2) is 18.2 Å². The first-order chi connectivity index (χ1) is 9.47. The van der Waals surface area contributed by atoms with Crippen molar-refractivity contribution in [3.8, 4) is 0 Å². The molecule has 1 aromatic rings. The van der Waals surface area contributed by atoms with Gasteiger partial charge in [0.2, 0.25) is 0 Å². The van der Waals surface area contributed by atoms with Crippen LogP contribution in [0.5, 0.6) is 0 Å². The maximum Gasteiger partial charge on any atom is 0.254 e. The number of carbonyl (C=O) groups is 1. The molecule has 1 aliphatic heterocycles. The van der Waals surface area contributed by atoms with Gasteiger partial charge in [0.05, 0.1) is 5.69 Å². The van der Waals surface area contributed by atoms with Gasteiger partial charge in [0.25, 0.3) is 5.91 Å². The summed E-state index contributed by atoms with van der Waals surface area (Å²) in [5.41, 5.74) is 5.99. The van der Waals surface area contributed by atoms with E-state index >= 15 is 0 Å². The van der Waals surface area contributed by atoms with Crippen molar-refractivity contribution in [3.63, 3.8) is 0 Å². The Morgan fingerprint density at radius 1 is 1.30 bits per heavy atom. The van der Waals surface area contributed by atoms with E-state index in [0.29, 0.717) is 24.6 Å². The van der Waals surface area contributed by atoms with Crippen LogP contribution >= 0.6 is 0 Å². The molecule has 0 atom stereocenters. The average Bonchev–Trinajstić information content (AvgIpc) is 2.41. The van der Waals surface area contributed by atoms with E-state index in [-0.39, 0.29) is 11.6 Å². The zero-order valence-corrected chi connectivity index (χ0v) is 12.1. The van der Waals surface area contributed by atoms with Gasteiger partial charge in [-0.25, -0.2) is 4.39 Å². The lowest BCUT2D eigenvalue weighted by atomic mass is 10.1. The van der Waals surface area contributed by atoms with E-state index in [9.17, 15) is 9.18 Å². The molecule has 20 heavy (non-hydrogen) atoms. The first kappa shape index (κ1) is 14.8. The van der Waals surface area contributed by atoms with E-state index in [0.717, 1.165) is 19.6 Å². The maximum absolute atomic E-state index is 13.1. The summed E-state index contributed by atoms with van der Waals surface area (Å²) in [6, 6.07) is 4.16. The molecule has 0 unspecified atom stereocenters. The second-order valence-corrected chi connectivity index (χ2v) is 5.72. The summed E-state index contributed by atoms with van der Waals surface area (Å²) < 4.78 is 13.1. The van der Waals surface area contributed by atoms with Gasteiger partial charge in [-0.3, -0.25) is 9.69 Å². The lowest BCUT2D eigenvalue weighted by molar-refractivity contribution is 0.0624. The van der Waals surface area contributed by atoms with Gasteiger partial charge in [0, 0.05) is 38.3 Å². The van der Waals surface area contributed by atoms with Crippen LogP contribution in [0.3, 0.4) is 0 Å². The Bertz CT molecular complexity index is 482. The van der Waals surface area contributed by atoms with Gasteiger partial charge in [-0.2, -0.15) is 0 Å². The van der Waals surface area contributed by atoms with Gasteiger partial charge in [-0.15, -0.1) is 0 Å². The summed E-state index contributed by atoms with van der Waals surface area (Å²) >= 11 is 0. The third-order valence-corrected chi connectivity index (χ3v) is 3.53. The Morgan fingerprint density at radius 2 is 1.95 bits per heavy atom. The number of carbonyl (C=O) groups excluding carboxylic acids is 1. The number of nitrogen functional groups attached to an aromatic ring is 1. The number of rotatable bonds is 3. The molecule has 1 heterocycles. The van der Waals surface area contributed by atoms with Gasteiger partial charge in [-0.1, -0.05) is 13.8 Å². The van der Waals surface area contributed by atoms with Crippen molar-refractivity contribution in [2.75, 3.05) is 38.5 Å². The minimum Gasteiger partial charge on any atom is -0.396 e. The van der Waals surface area contributed by atoms with Crippen molar-refractivity contribution >= 4 is 11.6 Å². The lowest BCUT2D eigenvalue weighted by Gasteiger charge is -2.35. The smallest absolute Gasteiger partial charge is 0.254 e. The van der Waals surface area contributed by atoms with Crippen LogP contribution in [0.4, 0.5) is 10.1 Å². The largest absolute Gasteiger partial charge is 0.396 e. The molecule has 4 nitrogen and oxygen atoms in total. The van der Waals surface area contributed by atoms with Crippen LogP contribution < -0.4 is 5.73 Å². The highest BCUT2D eigenvalue weighted by Gasteiger charge is 2.22. The number of nitrogens with two attached hydrogens (primary N) is 1. The highest BCUT2D eigenvalue weighted by molar-refractivity contribution is 5.95. The molecule has 0 radical (unpaired) electrons. The summed E-state index contributed by atoms with van der Waals surface area (Å²) in [5, 5.41) is 0. The zero-order chi connectivity index (χ0) is 14.7. The van der Waals surface area contributed by atoms with Gasteiger partial charge in [0.15, 0.2) is 0 Å². The molecule has 1 amide bonds. The first-order valence-corrected chi connectivity index (χ1v) is 7.04. The van der Waals surface area contributed by atoms with Crippen LogP contribution in [0.25, 0.3) is 0 Å². The third kappa shape index (κ3) is 3.48. The van der Waals surface area contributed by atoms with E-state index in [1.165, 1.54) is 18.2 Å². The number of anilines is 1. The maximum atomic E-state index is 13.1. The second kappa shape index (κ2) is 6.22. The highest BCUT2D eigenvalue weighted by atomic mass is 19.1. The van der Waals surface area contributed by atoms with Crippen LogP contribution in [0, 0.1) is 11.7 Å². The van der Waals surface area contributed by atoms with Gasteiger partial charge >= 0.3 is 0 Å². The van der Waals surface area contributed by atoms with Crippen molar-refractivity contribution in [3.05, 3.63) is 29.6 Å². The minimum absolute atomic E-state index is 0.0225. The molecule has 0 saturated carbocycles. The van der Waals surface area contributed by atoms with Crippen molar-refractivity contribution in [2.45, 2.75) is 13.8 Å². The molecule has 0 bridgehead atoms. The van der Waals surface area contributed by atoms with Crippen LogP contribution in [0.1, 0.15) is 24.2 Å². The number of hydrogen-bond donors (Lipinski definition) is 1. The van der Waals surface area contributed by atoms with Crippen LogP contribution in [0.2, 0.25) is 0 Å². The fourth-order valence-corrected chi connectivity index (χ4v) is 2.51. The molecule has 110 valence electrons. The fourth-order valence-electron chi connectivity index (χ4n) is 2.51. The van der Waals surface area contributed by atoms with E-state index in [2.05, 4.69) is 18.7 Å². The van der Waals surface area contributed by atoms with Crippen LogP contribution in [-0.4, -0.2) is 48.4 Å². The molecule has 1 fully saturated rings. The summed E-state index contributed by atoms with van der Waals surface area (Å²) in [6.07, 6.45) is 0. The lowest BCUT2D eigenvalue weighted by Crippen LogP contribution is -2.49. The Hall–Kier alpha value is -1.62.